The van der Waals surface area contributed by atoms with Crippen molar-refractivity contribution in [3.63, 3.8) is 0 Å². The fourth-order valence-electron chi connectivity index (χ4n) is 1.56. The predicted octanol–water partition coefficient (Wildman–Crippen LogP) is 0.785. The maximum atomic E-state index is 11.9. The Balaban J connectivity index is 2.57. The number of hydrogen-bond acceptors (Lipinski definition) is 3. The molecule has 0 bridgehead atoms. The first-order valence-corrected chi connectivity index (χ1v) is 7.28. The van der Waals surface area contributed by atoms with Crippen molar-refractivity contribution in [1.29, 1.82) is 0 Å². The van der Waals surface area contributed by atoms with Crippen LogP contribution in [0.1, 0.15) is 33.1 Å². The minimum Gasteiger partial charge on any atom is -0.329 e. The molecule has 90 valence electrons. The lowest BCUT2D eigenvalue weighted by atomic mass is 10.1. The molecule has 0 aromatic carbocycles. The molecule has 2 N–H and O–H groups in total. The topological polar surface area (TPSA) is 63.4 Å². The third kappa shape index (κ3) is 4.09. The number of nitrogens with two attached hydrogens (primary N) is 1. The second kappa shape index (κ2) is 5.27. The fraction of sp³-hybridized carbons (Fsp3) is 1.00. The highest BCUT2D eigenvalue weighted by Gasteiger charge is 2.36. The van der Waals surface area contributed by atoms with E-state index in [1.165, 1.54) is 0 Å². The van der Waals surface area contributed by atoms with Gasteiger partial charge in [0.2, 0.25) is 10.0 Å². The fourth-order valence-corrected chi connectivity index (χ4v) is 3.14. The first-order chi connectivity index (χ1) is 6.97. The normalized spacial score (nSPS) is 17.7. The molecule has 0 unspecified atom stereocenters. The Morgan fingerprint density at radius 3 is 2.40 bits per heavy atom. The molecule has 0 radical (unpaired) electrons. The van der Waals surface area contributed by atoms with E-state index in [0.717, 1.165) is 19.3 Å². The molecule has 0 aliphatic heterocycles. The summed E-state index contributed by atoms with van der Waals surface area (Å²) in [6.07, 6.45) is 2.96. The number of rotatable bonds is 7. The maximum absolute atomic E-state index is 11.9. The summed E-state index contributed by atoms with van der Waals surface area (Å²) >= 11 is 0. The van der Waals surface area contributed by atoms with Crippen LogP contribution in [0.4, 0.5) is 0 Å². The van der Waals surface area contributed by atoms with Gasteiger partial charge in [0.25, 0.3) is 0 Å². The van der Waals surface area contributed by atoms with Gasteiger partial charge >= 0.3 is 0 Å². The maximum Gasteiger partial charge on any atom is 0.215 e. The van der Waals surface area contributed by atoms with Gasteiger partial charge in [0.15, 0.2) is 0 Å². The monoisotopic (exact) mass is 234 g/mol. The number of hydrogen-bond donors (Lipinski definition) is 1. The van der Waals surface area contributed by atoms with E-state index < -0.39 is 10.0 Å². The number of nitrogens with zero attached hydrogens (tertiary/aromatic N) is 1. The lowest BCUT2D eigenvalue weighted by Gasteiger charge is -2.22. The van der Waals surface area contributed by atoms with Crippen molar-refractivity contribution in [2.75, 3.05) is 18.8 Å². The molecule has 15 heavy (non-hydrogen) atoms. The molecular weight excluding hydrogens is 212 g/mol. The largest absolute Gasteiger partial charge is 0.329 e. The van der Waals surface area contributed by atoms with Crippen molar-refractivity contribution in [3.05, 3.63) is 0 Å². The van der Waals surface area contributed by atoms with Gasteiger partial charge in [0, 0.05) is 19.1 Å². The highest BCUT2D eigenvalue weighted by Crippen LogP contribution is 2.29. The Hall–Kier alpha value is -0.130. The van der Waals surface area contributed by atoms with E-state index in [1.54, 1.807) is 4.31 Å². The standard InChI is InChI=1S/C10H22N2O2S/c1-9(2)5-7-12(10-3-4-10)15(13,14)8-6-11/h9-10H,3-8,11H2,1-2H3. The molecule has 1 aliphatic rings. The summed E-state index contributed by atoms with van der Waals surface area (Å²) in [7, 11) is -3.10. The quantitative estimate of drug-likeness (QED) is 0.708. The van der Waals surface area contributed by atoms with Crippen LogP contribution in [0, 0.1) is 5.92 Å². The van der Waals surface area contributed by atoms with E-state index in [4.69, 9.17) is 5.73 Å². The van der Waals surface area contributed by atoms with Gasteiger partial charge in [-0.25, -0.2) is 8.42 Å². The van der Waals surface area contributed by atoms with Gasteiger partial charge < -0.3 is 5.73 Å². The van der Waals surface area contributed by atoms with Gasteiger partial charge in [-0.1, -0.05) is 13.8 Å². The van der Waals surface area contributed by atoms with Crippen LogP contribution in [0.15, 0.2) is 0 Å². The van der Waals surface area contributed by atoms with Crippen molar-refractivity contribution in [2.45, 2.75) is 39.2 Å². The zero-order valence-electron chi connectivity index (χ0n) is 9.65. The molecular formula is C10H22N2O2S. The number of sulfonamides is 1. The molecule has 0 heterocycles. The minimum absolute atomic E-state index is 0.0849. The van der Waals surface area contributed by atoms with E-state index in [1.807, 2.05) is 0 Å². The smallest absolute Gasteiger partial charge is 0.215 e. The average Bonchev–Trinajstić information content (AvgIpc) is 2.87. The summed E-state index contributed by atoms with van der Waals surface area (Å²) in [5.41, 5.74) is 5.32. The van der Waals surface area contributed by atoms with Crippen molar-refractivity contribution in [1.82, 2.24) is 4.31 Å². The summed E-state index contributed by atoms with van der Waals surface area (Å²) in [4.78, 5) is 0. The molecule has 1 saturated carbocycles. The molecule has 5 heteroatoms. The highest BCUT2D eigenvalue weighted by atomic mass is 32.2. The van der Waals surface area contributed by atoms with Gasteiger partial charge in [-0.2, -0.15) is 4.31 Å². The Labute approximate surface area is 92.9 Å². The van der Waals surface area contributed by atoms with Crippen LogP contribution >= 0.6 is 0 Å². The molecule has 1 aliphatic carbocycles. The van der Waals surface area contributed by atoms with E-state index in [2.05, 4.69) is 13.8 Å². The Bertz CT molecular complexity index is 284. The second-order valence-corrected chi connectivity index (χ2v) is 6.67. The van der Waals surface area contributed by atoms with E-state index in [0.29, 0.717) is 12.5 Å². The highest BCUT2D eigenvalue weighted by molar-refractivity contribution is 7.89. The first kappa shape index (κ1) is 12.9. The van der Waals surface area contributed by atoms with Gasteiger partial charge in [-0.15, -0.1) is 0 Å². The average molecular weight is 234 g/mol. The molecule has 0 aromatic heterocycles. The summed E-state index contributed by atoms with van der Waals surface area (Å²) in [6, 6.07) is 0.264. The van der Waals surface area contributed by atoms with Crippen molar-refractivity contribution < 1.29 is 8.42 Å². The Kier molecular flexibility index (Phi) is 4.55. The van der Waals surface area contributed by atoms with Crippen molar-refractivity contribution >= 4 is 10.0 Å². The van der Waals surface area contributed by atoms with Crippen LogP contribution in [-0.2, 0) is 10.0 Å². The molecule has 0 saturated heterocycles. The molecule has 0 atom stereocenters. The summed E-state index contributed by atoms with van der Waals surface area (Å²) in [6.45, 7) is 5.10. The van der Waals surface area contributed by atoms with Crippen LogP contribution < -0.4 is 5.73 Å². The van der Waals surface area contributed by atoms with Crippen LogP contribution in [0.2, 0.25) is 0 Å². The lowest BCUT2D eigenvalue weighted by Crippen LogP contribution is -2.38. The Morgan fingerprint density at radius 1 is 1.40 bits per heavy atom. The first-order valence-electron chi connectivity index (χ1n) is 5.67. The zero-order chi connectivity index (χ0) is 11.5. The molecule has 4 nitrogen and oxygen atoms in total. The van der Waals surface area contributed by atoms with Crippen molar-refractivity contribution in [2.24, 2.45) is 11.7 Å². The van der Waals surface area contributed by atoms with Crippen molar-refractivity contribution in [3.8, 4) is 0 Å². The second-order valence-electron chi connectivity index (χ2n) is 4.63. The van der Waals surface area contributed by atoms with Gasteiger partial charge in [0.05, 0.1) is 5.75 Å². The van der Waals surface area contributed by atoms with Gasteiger partial charge in [0.1, 0.15) is 0 Å². The minimum atomic E-state index is -3.10. The summed E-state index contributed by atoms with van der Waals surface area (Å²) in [5.74, 6) is 0.626. The predicted molar refractivity (Wildman–Crippen MR) is 62.0 cm³/mol. The van der Waals surface area contributed by atoms with Crippen LogP contribution in [0.5, 0.6) is 0 Å². The van der Waals surface area contributed by atoms with E-state index >= 15 is 0 Å². The molecule has 1 fully saturated rings. The molecule has 0 aromatic rings. The molecule has 0 spiro atoms. The third-order valence-corrected chi connectivity index (χ3v) is 4.56. The zero-order valence-corrected chi connectivity index (χ0v) is 10.5. The summed E-state index contributed by atoms with van der Waals surface area (Å²) in [5, 5.41) is 0. The van der Waals surface area contributed by atoms with Crippen LogP contribution in [0.25, 0.3) is 0 Å². The third-order valence-electron chi connectivity index (χ3n) is 2.61. The molecule has 1 rings (SSSR count). The SMILES string of the molecule is CC(C)CCN(C1CC1)S(=O)(=O)CCN. The van der Waals surface area contributed by atoms with E-state index in [-0.39, 0.29) is 18.3 Å². The van der Waals surface area contributed by atoms with Gasteiger partial charge in [-0.3, -0.25) is 0 Å². The van der Waals surface area contributed by atoms with Crippen LogP contribution in [0.3, 0.4) is 0 Å². The van der Waals surface area contributed by atoms with Gasteiger partial charge in [-0.05, 0) is 25.2 Å². The Morgan fingerprint density at radius 2 is 2.00 bits per heavy atom. The molecule has 0 amide bonds. The van der Waals surface area contributed by atoms with E-state index in [9.17, 15) is 8.42 Å². The lowest BCUT2D eigenvalue weighted by molar-refractivity contribution is 0.373. The van der Waals surface area contributed by atoms with Crippen LogP contribution in [-0.4, -0.2) is 37.6 Å². The summed E-state index contributed by atoms with van der Waals surface area (Å²) < 4.78 is 25.4.